The lowest BCUT2D eigenvalue weighted by atomic mass is 10.0. The van der Waals surface area contributed by atoms with E-state index in [1.807, 2.05) is 39.1 Å². The Morgan fingerprint density at radius 1 is 1.31 bits per heavy atom. The van der Waals surface area contributed by atoms with Crippen LogP contribution in [0.3, 0.4) is 0 Å². The van der Waals surface area contributed by atoms with E-state index in [1.54, 1.807) is 0 Å². The minimum atomic E-state index is -0.133. The van der Waals surface area contributed by atoms with Gasteiger partial charge in [-0.25, -0.2) is 4.98 Å². The number of benzene rings is 1. The highest BCUT2D eigenvalue weighted by Crippen LogP contribution is 2.20. The van der Waals surface area contributed by atoms with E-state index < -0.39 is 0 Å². The molecule has 2 rings (SSSR count). The van der Waals surface area contributed by atoms with Crippen LogP contribution >= 0.6 is 0 Å². The first-order valence-electron chi connectivity index (χ1n) is 5.45. The summed E-state index contributed by atoms with van der Waals surface area (Å²) in [6.45, 7) is 3.91. The average molecular weight is 218 g/mol. The van der Waals surface area contributed by atoms with Crippen molar-refractivity contribution in [2.24, 2.45) is 18.5 Å². The third-order valence-corrected chi connectivity index (χ3v) is 3.08. The third-order valence-electron chi connectivity index (χ3n) is 3.08. The molecule has 16 heavy (non-hydrogen) atoms. The molecule has 2 unspecified atom stereocenters. The average Bonchev–Trinajstić information content (AvgIpc) is 2.53. The van der Waals surface area contributed by atoms with E-state index in [2.05, 4.69) is 9.55 Å². The first-order valence-corrected chi connectivity index (χ1v) is 5.45. The topological polar surface area (TPSA) is 69.9 Å². The molecule has 0 radical (unpaired) electrons. The zero-order chi connectivity index (χ0) is 11.9. The summed E-state index contributed by atoms with van der Waals surface area (Å²) >= 11 is 0. The highest BCUT2D eigenvalue weighted by atomic mass is 15.0. The van der Waals surface area contributed by atoms with Gasteiger partial charge in [-0.3, -0.25) is 0 Å². The highest BCUT2D eigenvalue weighted by molar-refractivity contribution is 5.77. The van der Waals surface area contributed by atoms with Gasteiger partial charge in [-0.05, 0) is 31.5 Å². The van der Waals surface area contributed by atoms with Crippen molar-refractivity contribution < 1.29 is 0 Å². The lowest BCUT2D eigenvalue weighted by Crippen LogP contribution is -2.30. The number of fused-ring (bicyclic) bond motifs is 1. The molecule has 0 aliphatic rings. The fraction of sp³-hybridized carbons (Fsp3) is 0.417. The molecule has 0 aliphatic carbocycles. The second kappa shape index (κ2) is 3.88. The summed E-state index contributed by atoms with van der Waals surface area (Å²) in [5, 5.41) is 0. The Hall–Kier alpha value is -1.39. The van der Waals surface area contributed by atoms with Crippen molar-refractivity contribution in [3.63, 3.8) is 0 Å². The number of nitrogens with zero attached hydrogens (tertiary/aromatic N) is 2. The third kappa shape index (κ3) is 1.70. The summed E-state index contributed by atoms with van der Waals surface area (Å²) in [5.41, 5.74) is 15.0. The van der Waals surface area contributed by atoms with Gasteiger partial charge in [0.1, 0.15) is 5.82 Å². The lowest BCUT2D eigenvalue weighted by Gasteiger charge is -2.15. The first-order chi connectivity index (χ1) is 7.50. The van der Waals surface area contributed by atoms with Gasteiger partial charge in [-0.15, -0.1) is 0 Å². The second-order valence-corrected chi connectivity index (χ2v) is 4.35. The van der Waals surface area contributed by atoms with Crippen molar-refractivity contribution in [3.05, 3.63) is 29.6 Å². The van der Waals surface area contributed by atoms with Crippen LogP contribution in [0.1, 0.15) is 24.4 Å². The van der Waals surface area contributed by atoms with Crippen LogP contribution in [0.15, 0.2) is 18.2 Å². The standard InChI is InChI=1S/C12H18N4/c1-7(13)12(14)9-4-5-11-10(6-9)15-8(2)16(11)3/h4-7,12H,13-14H2,1-3H3. The SMILES string of the molecule is Cc1nc2cc(C(N)C(C)N)ccc2n1C. The molecule has 2 aromatic rings. The van der Waals surface area contributed by atoms with Gasteiger partial charge in [0.25, 0.3) is 0 Å². The molecule has 0 saturated heterocycles. The number of rotatable bonds is 2. The Balaban J connectivity index is 2.52. The zero-order valence-electron chi connectivity index (χ0n) is 9.94. The number of hydrogen-bond acceptors (Lipinski definition) is 3. The molecule has 0 saturated carbocycles. The van der Waals surface area contributed by atoms with Crippen LogP contribution in [-0.4, -0.2) is 15.6 Å². The van der Waals surface area contributed by atoms with Crippen molar-refractivity contribution >= 4 is 11.0 Å². The molecule has 0 bridgehead atoms. The summed E-state index contributed by atoms with van der Waals surface area (Å²) in [7, 11) is 2.01. The summed E-state index contributed by atoms with van der Waals surface area (Å²) in [4.78, 5) is 4.48. The Bertz CT molecular complexity index is 513. The molecule has 86 valence electrons. The lowest BCUT2D eigenvalue weighted by molar-refractivity contribution is 0.589. The van der Waals surface area contributed by atoms with Gasteiger partial charge < -0.3 is 16.0 Å². The van der Waals surface area contributed by atoms with Crippen LogP contribution in [0.25, 0.3) is 11.0 Å². The molecule has 0 aliphatic heterocycles. The van der Waals surface area contributed by atoms with E-state index in [-0.39, 0.29) is 12.1 Å². The summed E-state index contributed by atoms with van der Waals surface area (Å²) in [5.74, 6) is 1.00. The zero-order valence-corrected chi connectivity index (χ0v) is 9.94. The molecule has 1 heterocycles. The Labute approximate surface area is 95.3 Å². The number of aryl methyl sites for hydroxylation is 2. The van der Waals surface area contributed by atoms with Crippen LogP contribution in [0.2, 0.25) is 0 Å². The van der Waals surface area contributed by atoms with Crippen LogP contribution < -0.4 is 11.5 Å². The van der Waals surface area contributed by atoms with Gasteiger partial charge in [-0.1, -0.05) is 6.07 Å². The number of hydrogen-bond donors (Lipinski definition) is 2. The molecule has 4 heteroatoms. The predicted octanol–water partition coefficient (Wildman–Crippen LogP) is 1.23. The maximum atomic E-state index is 6.01. The molecular weight excluding hydrogens is 200 g/mol. The molecular formula is C12H18N4. The van der Waals surface area contributed by atoms with Crippen LogP contribution in [-0.2, 0) is 7.05 Å². The normalized spacial score (nSPS) is 15.3. The van der Waals surface area contributed by atoms with E-state index in [9.17, 15) is 0 Å². The fourth-order valence-electron chi connectivity index (χ4n) is 1.85. The van der Waals surface area contributed by atoms with Gasteiger partial charge in [0.2, 0.25) is 0 Å². The highest BCUT2D eigenvalue weighted by Gasteiger charge is 2.12. The van der Waals surface area contributed by atoms with Crippen molar-refractivity contribution in [3.8, 4) is 0 Å². The van der Waals surface area contributed by atoms with Gasteiger partial charge in [0.05, 0.1) is 11.0 Å². The summed E-state index contributed by atoms with van der Waals surface area (Å²) in [6, 6.07) is 5.91. The first kappa shape index (κ1) is 11.1. The van der Waals surface area contributed by atoms with Crippen molar-refractivity contribution in [1.82, 2.24) is 9.55 Å². The van der Waals surface area contributed by atoms with Crippen LogP contribution in [0.5, 0.6) is 0 Å². The van der Waals surface area contributed by atoms with Crippen LogP contribution in [0, 0.1) is 6.92 Å². The summed E-state index contributed by atoms with van der Waals surface area (Å²) in [6.07, 6.45) is 0. The van der Waals surface area contributed by atoms with Gasteiger partial charge in [0, 0.05) is 19.1 Å². The summed E-state index contributed by atoms with van der Waals surface area (Å²) < 4.78 is 2.07. The maximum absolute atomic E-state index is 6.01. The molecule has 2 atom stereocenters. The van der Waals surface area contributed by atoms with Gasteiger partial charge in [0.15, 0.2) is 0 Å². The largest absolute Gasteiger partial charge is 0.331 e. The Kier molecular flexibility index (Phi) is 2.69. The molecule has 4 nitrogen and oxygen atoms in total. The molecule has 0 fully saturated rings. The van der Waals surface area contributed by atoms with Crippen molar-refractivity contribution in [2.75, 3.05) is 0 Å². The van der Waals surface area contributed by atoms with E-state index in [0.717, 1.165) is 22.4 Å². The van der Waals surface area contributed by atoms with Crippen LogP contribution in [0.4, 0.5) is 0 Å². The monoisotopic (exact) mass is 218 g/mol. The molecule has 1 aromatic heterocycles. The Morgan fingerprint density at radius 3 is 2.62 bits per heavy atom. The second-order valence-electron chi connectivity index (χ2n) is 4.35. The number of imidazole rings is 1. The van der Waals surface area contributed by atoms with Crippen molar-refractivity contribution in [1.29, 1.82) is 0 Å². The predicted molar refractivity (Wildman–Crippen MR) is 66.0 cm³/mol. The van der Waals surface area contributed by atoms with E-state index in [1.165, 1.54) is 0 Å². The number of nitrogens with two attached hydrogens (primary N) is 2. The van der Waals surface area contributed by atoms with Crippen molar-refractivity contribution in [2.45, 2.75) is 25.9 Å². The molecule has 0 spiro atoms. The Morgan fingerprint density at radius 2 is 2.00 bits per heavy atom. The smallest absolute Gasteiger partial charge is 0.106 e. The van der Waals surface area contributed by atoms with E-state index in [4.69, 9.17) is 11.5 Å². The van der Waals surface area contributed by atoms with E-state index in [0.29, 0.717) is 0 Å². The maximum Gasteiger partial charge on any atom is 0.106 e. The van der Waals surface area contributed by atoms with Gasteiger partial charge >= 0.3 is 0 Å². The quantitative estimate of drug-likeness (QED) is 0.796. The molecule has 0 amide bonds. The molecule has 4 N–H and O–H groups in total. The van der Waals surface area contributed by atoms with E-state index >= 15 is 0 Å². The molecule has 1 aromatic carbocycles. The number of aromatic nitrogens is 2. The fourth-order valence-corrected chi connectivity index (χ4v) is 1.85. The van der Waals surface area contributed by atoms with Gasteiger partial charge in [-0.2, -0.15) is 0 Å². The minimum Gasteiger partial charge on any atom is -0.331 e. The minimum absolute atomic E-state index is 0.0535.